The van der Waals surface area contributed by atoms with E-state index in [9.17, 15) is 14.4 Å². The second kappa shape index (κ2) is 65.3. The Morgan fingerprint density at radius 2 is 0.456 bits per heavy atom. The summed E-state index contributed by atoms with van der Waals surface area (Å²) in [5.74, 6) is -0.972. The third-order valence-electron chi connectivity index (χ3n) is 12.7. The van der Waals surface area contributed by atoms with Crippen LogP contribution in [0.25, 0.3) is 0 Å². The van der Waals surface area contributed by atoms with Crippen molar-refractivity contribution in [2.75, 3.05) is 13.2 Å². The molecule has 0 saturated heterocycles. The van der Waals surface area contributed by atoms with Crippen LogP contribution < -0.4 is 0 Å². The molecule has 0 rings (SSSR count). The van der Waals surface area contributed by atoms with Crippen LogP contribution in [0.1, 0.15) is 252 Å². The summed E-state index contributed by atoms with van der Waals surface area (Å²) >= 11 is 0. The molecule has 6 nitrogen and oxygen atoms in total. The van der Waals surface area contributed by atoms with E-state index in [4.69, 9.17) is 14.2 Å². The van der Waals surface area contributed by atoms with Crippen LogP contribution in [0.4, 0.5) is 0 Å². The number of ether oxygens (including phenoxy) is 3. The molecule has 0 aliphatic carbocycles. The molecular formula is C73H114O6. The minimum Gasteiger partial charge on any atom is -0.462 e. The highest BCUT2D eigenvalue weighted by Gasteiger charge is 2.19. The molecule has 0 bridgehead atoms. The van der Waals surface area contributed by atoms with Gasteiger partial charge in [-0.1, -0.05) is 255 Å². The van der Waals surface area contributed by atoms with Crippen molar-refractivity contribution in [3.63, 3.8) is 0 Å². The van der Waals surface area contributed by atoms with Gasteiger partial charge in [-0.2, -0.15) is 0 Å². The van der Waals surface area contributed by atoms with Crippen molar-refractivity contribution < 1.29 is 28.6 Å². The van der Waals surface area contributed by atoms with Crippen LogP contribution >= 0.6 is 0 Å². The maximum atomic E-state index is 12.9. The molecule has 79 heavy (non-hydrogen) atoms. The minimum atomic E-state index is -0.818. The van der Waals surface area contributed by atoms with Gasteiger partial charge in [0.25, 0.3) is 0 Å². The van der Waals surface area contributed by atoms with Gasteiger partial charge in [-0.25, -0.2) is 0 Å². The lowest BCUT2D eigenvalue weighted by Crippen LogP contribution is -2.30. The van der Waals surface area contributed by atoms with Crippen LogP contribution in [0, 0.1) is 0 Å². The van der Waals surface area contributed by atoms with E-state index >= 15 is 0 Å². The van der Waals surface area contributed by atoms with Gasteiger partial charge in [0.1, 0.15) is 13.2 Å². The second-order valence-corrected chi connectivity index (χ2v) is 20.2. The number of hydrogen-bond donors (Lipinski definition) is 0. The van der Waals surface area contributed by atoms with Crippen LogP contribution in [0.5, 0.6) is 0 Å². The van der Waals surface area contributed by atoms with E-state index in [1.807, 2.05) is 0 Å². The molecule has 0 N–H and O–H groups in total. The van der Waals surface area contributed by atoms with Gasteiger partial charge in [0.2, 0.25) is 0 Å². The first-order chi connectivity index (χ1) is 39.0. The predicted molar refractivity (Wildman–Crippen MR) is 343 cm³/mol. The highest BCUT2D eigenvalue weighted by molar-refractivity contribution is 5.71. The van der Waals surface area contributed by atoms with Crippen LogP contribution in [-0.4, -0.2) is 37.2 Å². The molecule has 0 radical (unpaired) electrons. The minimum absolute atomic E-state index is 0.110. The highest BCUT2D eigenvalue weighted by atomic mass is 16.6. The van der Waals surface area contributed by atoms with E-state index in [1.165, 1.54) is 38.5 Å². The van der Waals surface area contributed by atoms with Gasteiger partial charge in [-0.05, 0) is 148 Å². The quantitative estimate of drug-likeness (QED) is 0.0261. The van der Waals surface area contributed by atoms with Crippen molar-refractivity contribution in [3.8, 4) is 0 Å². The lowest BCUT2D eigenvalue weighted by Gasteiger charge is -2.18. The Labute approximate surface area is 485 Å². The van der Waals surface area contributed by atoms with E-state index in [0.29, 0.717) is 19.3 Å². The lowest BCUT2D eigenvalue weighted by molar-refractivity contribution is -0.167. The molecule has 0 aromatic carbocycles. The fraction of sp³-hybridized carbons (Fsp3) is 0.575. The van der Waals surface area contributed by atoms with E-state index < -0.39 is 6.10 Å². The molecular weight excluding hydrogens is 973 g/mol. The lowest BCUT2D eigenvalue weighted by atomic mass is 10.1. The zero-order chi connectivity index (χ0) is 57.1. The molecule has 1 unspecified atom stereocenters. The maximum Gasteiger partial charge on any atom is 0.306 e. The third kappa shape index (κ3) is 63.5. The standard InChI is InChI=1S/C73H114O6/c1-4-7-10-13-16-19-22-25-28-31-34-35-36-37-40-42-45-48-51-54-57-60-63-66-72(75)78-69-70(79-73(76)67-64-61-58-55-52-49-46-43-39-33-30-27-24-21-18-15-12-9-6-3)68-77-71(74)65-62-59-56-53-50-47-44-41-38-32-29-26-23-20-17-14-11-8-5-2/h7-12,16-21,25-30,34-35,37-41,43,49,52,70H,4-6,13-15,22-24,31-33,36,42,44-48,50-51,53-69H2,1-3H3/b10-7-,11-8-,12-9-,19-16-,20-17-,21-18-,28-25-,29-26-,30-27-,35-34-,40-37-,41-38-,43-39-,52-49-. The molecule has 0 amide bonds. The van der Waals surface area contributed by atoms with Crippen LogP contribution in [0.3, 0.4) is 0 Å². The first-order valence-corrected chi connectivity index (χ1v) is 31.6. The van der Waals surface area contributed by atoms with Gasteiger partial charge in [0.05, 0.1) is 0 Å². The summed E-state index contributed by atoms with van der Waals surface area (Å²) in [7, 11) is 0. The Morgan fingerprint density at radius 1 is 0.253 bits per heavy atom. The average molecular weight is 1090 g/mol. The van der Waals surface area contributed by atoms with E-state index in [-0.39, 0.29) is 37.5 Å². The normalized spacial score (nSPS) is 13.3. The van der Waals surface area contributed by atoms with Gasteiger partial charge < -0.3 is 14.2 Å². The van der Waals surface area contributed by atoms with E-state index in [1.54, 1.807) is 0 Å². The topological polar surface area (TPSA) is 78.9 Å². The van der Waals surface area contributed by atoms with Gasteiger partial charge in [0.15, 0.2) is 6.10 Å². The monoisotopic (exact) mass is 1090 g/mol. The summed E-state index contributed by atoms with van der Waals surface area (Å²) in [6.07, 6.45) is 96.3. The molecule has 0 heterocycles. The average Bonchev–Trinajstić information content (AvgIpc) is 3.45. The molecule has 0 spiro atoms. The molecule has 0 fully saturated rings. The van der Waals surface area contributed by atoms with Crippen molar-refractivity contribution in [2.45, 2.75) is 258 Å². The molecule has 0 aliphatic heterocycles. The molecule has 0 aromatic heterocycles. The second-order valence-electron chi connectivity index (χ2n) is 20.2. The Bertz CT molecular complexity index is 1820. The summed E-state index contributed by atoms with van der Waals surface area (Å²) in [6, 6.07) is 0. The number of allylic oxidation sites excluding steroid dienone is 28. The van der Waals surface area contributed by atoms with Crippen molar-refractivity contribution in [1.82, 2.24) is 0 Å². The van der Waals surface area contributed by atoms with Crippen molar-refractivity contribution in [1.29, 1.82) is 0 Å². The van der Waals surface area contributed by atoms with E-state index in [0.717, 1.165) is 167 Å². The van der Waals surface area contributed by atoms with Gasteiger partial charge >= 0.3 is 17.9 Å². The number of carbonyl (C=O) groups is 3. The van der Waals surface area contributed by atoms with Gasteiger partial charge in [-0.15, -0.1) is 0 Å². The zero-order valence-corrected chi connectivity index (χ0v) is 50.6. The van der Waals surface area contributed by atoms with Gasteiger partial charge in [0, 0.05) is 19.3 Å². The van der Waals surface area contributed by atoms with E-state index in [2.05, 4.69) is 191 Å². The first kappa shape index (κ1) is 73.8. The maximum absolute atomic E-state index is 12.9. The highest BCUT2D eigenvalue weighted by Crippen LogP contribution is 2.14. The summed E-state index contributed by atoms with van der Waals surface area (Å²) < 4.78 is 16.9. The number of hydrogen-bond acceptors (Lipinski definition) is 6. The first-order valence-electron chi connectivity index (χ1n) is 31.6. The number of unbranched alkanes of at least 4 members (excludes halogenated alkanes) is 16. The molecule has 442 valence electrons. The summed E-state index contributed by atoms with van der Waals surface area (Å²) in [5, 5.41) is 0. The number of carbonyl (C=O) groups excluding carboxylic acids is 3. The summed E-state index contributed by atoms with van der Waals surface area (Å²) in [4.78, 5) is 38.4. The fourth-order valence-electron chi connectivity index (χ4n) is 8.07. The molecule has 1 atom stereocenters. The number of esters is 3. The summed E-state index contributed by atoms with van der Waals surface area (Å²) in [5.41, 5.74) is 0. The summed E-state index contributed by atoms with van der Waals surface area (Å²) in [6.45, 7) is 6.25. The molecule has 0 aliphatic rings. The SMILES string of the molecule is CC/C=C\C/C=C\C/C=C\C/C=C\C/C=C\CCCCCCCCCC(=O)OCC(COC(=O)CCCCCCCC/C=C\C/C=C\C/C=C\C/C=C\CC)OC(=O)CCCCC/C=C\C/C=C\C/C=C\C/C=C\C/C=C\CC. The Balaban J connectivity index is 4.53. The zero-order valence-electron chi connectivity index (χ0n) is 50.6. The Morgan fingerprint density at radius 3 is 0.722 bits per heavy atom. The molecule has 0 aromatic rings. The van der Waals surface area contributed by atoms with Crippen LogP contribution in [-0.2, 0) is 28.6 Å². The van der Waals surface area contributed by atoms with Crippen molar-refractivity contribution in [2.24, 2.45) is 0 Å². The van der Waals surface area contributed by atoms with Crippen molar-refractivity contribution in [3.05, 3.63) is 170 Å². The smallest absolute Gasteiger partial charge is 0.306 e. The van der Waals surface area contributed by atoms with Crippen LogP contribution in [0.2, 0.25) is 0 Å². The number of rotatable bonds is 55. The fourth-order valence-corrected chi connectivity index (χ4v) is 8.07. The van der Waals surface area contributed by atoms with Crippen molar-refractivity contribution >= 4 is 17.9 Å². The Kier molecular flexibility index (Phi) is 61.0. The molecule has 6 heteroatoms. The predicted octanol–water partition coefficient (Wildman–Crippen LogP) is 21.9. The van der Waals surface area contributed by atoms with Gasteiger partial charge in [-0.3, -0.25) is 14.4 Å². The largest absolute Gasteiger partial charge is 0.462 e. The van der Waals surface area contributed by atoms with Crippen LogP contribution in [0.15, 0.2) is 170 Å². The molecule has 0 saturated carbocycles. The third-order valence-corrected chi connectivity index (χ3v) is 12.7. The Hall–Kier alpha value is -5.23.